The van der Waals surface area contributed by atoms with Gasteiger partial charge >= 0.3 is 6.09 Å². The smallest absolute Gasteiger partial charge is 0.409 e. The minimum absolute atomic E-state index is 0.0231. The van der Waals surface area contributed by atoms with Gasteiger partial charge in [0, 0.05) is 25.1 Å². The molecule has 3 atom stereocenters. The van der Waals surface area contributed by atoms with Gasteiger partial charge in [0.05, 0.1) is 6.61 Å². The maximum atomic E-state index is 13.7. The number of piperidine rings is 1. The Balaban J connectivity index is 1.69. The van der Waals surface area contributed by atoms with Gasteiger partial charge < -0.3 is 23.8 Å². The standard InChI is InChI=1S/C23H25Cl3FNO5/c1-15(10-21-16(2)32-14-33-21)30-12-18-11-28(22(29)31-13-23(24,25)26)9-8-20(18)17-4-3-5-19(27)7-6-17/h3-7,10,18-20H,1-2,8-9,11-14H2/b21-10+. The predicted octanol–water partition coefficient (Wildman–Crippen LogP) is 5.75. The summed E-state index contributed by atoms with van der Waals surface area (Å²) in [6.45, 7) is 8.40. The van der Waals surface area contributed by atoms with E-state index >= 15 is 0 Å². The van der Waals surface area contributed by atoms with Crippen molar-refractivity contribution >= 4 is 40.9 Å². The van der Waals surface area contributed by atoms with Crippen LogP contribution in [0.15, 0.2) is 72.5 Å². The van der Waals surface area contributed by atoms with Crippen molar-refractivity contribution in [3.63, 3.8) is 0 Å². The summed E-state index contributed by atoms with van der Waals surface area (Å²) >= 11 is 17.1. The van der Waals surface area contributed by atoms with Gasteiger partial charge in [0.25, 0.3) is 0 Å². The SMILES string of the molecule is C=C(/C=C1/OCOC1=C)OCC1CN(C(=O)OCC(Cl)(Cl)Cl)CCC1C1=CC=CC(F)C=C1. The molecule has 2 heterocycles. The Kier molecular flexibility index (Phi) is 8.79. The fraction of sp³-hybridized carbons (Fsp3) is 0.435. The topological polar surface area (TPSA) is 57.2 Å². The number of carbonyl (C=O) groups excluding carboxylic acids is 1. The minimum Gasteiger partial charge on any atom is -0.494 e. The summed E-state index contributed by atoms with van der Waals surface area (Å²) in [5, 5.41) is 0. The number of nitrogens with zero attached hydrogens (tertiary/aromatic N) is 1. The van der Waals surface area contributed by atoms with Crippen molar-refractivity contribution in [1.82, 2.24) is 4.90 Å². The van der Waals surface area contributed by atoms with Crippen molar-refractivity contribution in [2.75, 3.05) is 33.1 Å². The Morgan fingerprint density at radius 3 is 2.79 bits per heavy atom. The second-order valence-corrected chi connectivity index (χ2v) is 10.3. The maximum Gasteiger partial charge on any atom is 0.409 e. The molecular formula is C23H25Cl3FNO5. The van der Waals surface area contributed by atoms with Crippen LogP contribution in [-0.2, 0) is 18.9 Å². The van der Waals surface area contributed by atoms with Gasteiger partial charge in [-0.3, -0.25) is 0 Å². The lowest BCUT2D eigenvalue weighted by molar-refractivity contribution is 0.0526. The first-order valence-corrected chi connectivity index (χ1v) is 11.4. The largest absolute Gasteiger partial charge is 0.494 e. The summed E-state index contributed by atoms with van der Waals surface area (Å²) in [4.78, 5) is 14.1. The number of rotatable bonds is 6. The van der Waals surface area contributed by atoms with Crippen LogP contribution in [0.3, 0.4) is 0 Å². The number of hydrogen-bond donors (Lipinski definition) is 0. The summed E-state index contributed by atoms with van der Waals surface area (Å²) in [7, 11) is 0. The molecule has 0 bridgehead atoms. The molecule has 2 aliphatic heterocycles. The molecule has 3 rings (SSSR count). The molecule has 0 spiro atoms. The van der Waals surface area contributed by atoms with E-state index in [2.05, 4.69) is 13.2 Å². The summed E-state index contributed by atoms with van der Waals surface area (Å²) in [6.07, 6.45) is 8.85. The number of halogens is 4. The molecule has 0 N–H and O–H groups in total. The van der Waals surface area contributed by atoms with E-state index in [9.17, 15) is 9.18 Å². The van der Waals surface area contributed by atoms with Crippen LogP contribution in [0.1, 0.15) is 6.42 Å². The highest BCUT2D eigenvalue weighted by molar-refractivity contribution is 6.67. The Morgan fingerprint density at radius 1 is 1.30 bits per heavy atom. The number of likely N-dealkylation sites (tertiary alicyclic amines) is 1. The molecule has 0 aromatic carbocycles. The normalized spacial score (nSPS) is 26.4. The van der Waals surface area contributed by atoms with Crippen molar-refractivity contribution < 1.29 is 28.1 Å². The second kappa shape index (κ2) is 11.4. The third-order valence-corrected chi connectivity index (χ3v) is 5.66. The fourth-order valence-electron chi connectivity index (χ4n) is 3.72. The van der Waals surface area contributed by atoms with Crippen LogP contribution in [0.4, 0.5) is 9.18 Å². The molecule has 1 aliphatic carbocycles. The number of alkyl halides is 4. The zero-order chi connectivity index (χ0) is 24.0. The molecular weight excluding hydrogens is 496 g/mol. The van der Waals surface area contributed by atoms with Gasteiger partial charge in [-0.1, -0.05) is 66.2 Å². The molecule has 0 aromatic rings. The van der Waals surface area contributed by atoms with Gasteiger partial charge in [-0.25, -0.2) is 9.18 Å². The van der Waals surface area contributed by atoms with Crippen molar-refractivity contribution in [1.29, 1.82) is 0 Å². The molecule has 180 valence electrons. The number of amides is 1. The van der Waals surface area contributed by atoms with E-state index in [1.807, 2.05) is 6.08 Å². The van der Waals surface area contributed by atoms with Gasteiger partial charge in [0.1, 0.15) is 18.5 Å². The molecule has 0 saturated carbocycles. The lowest BCUT2D eigenvalue weighted by Crippen LogP contribution is -2.46. The lowest BCUT2D eigenvalue weighted by atomic mass is 9.80. The first kappa shape index (κ1) is 25.5. The van der Waals surface area contributed by atoms with E-state index in [-0.39, 0.29) is 31.8 Å². The summed E-state index contributed by atoms with van der Waals surface area (Å²) in [5.41, 5.74) is 0.958. The van der Waals surface area contributed by atoms with Crippen LogP contribution in [0.2, 0.25) is 0 Å². The van der Waals surface area contributed by atoms with Crippen molar-refractivity contribution in [2.45, 2.75) is 16.4 Å². The molecule has 2 saturated heterocycles. The molecule has 1 amide bonds. The van der Waals surface area contributed by atoms with Crippen LogP contribution < -0.4 is 0 Å². The van der Waals surface area contributed by atoms with Crippen molar-refractivity contribution in [2.24, 2.45) is 11.8 Å². The highest BCUT2D eigenvalue weighted by Gasteiger charge is 2.35. The van der Waals surface area contributed by atoms with Gasteiger partial charge in [-0.2, -0.15) is 0 Å². The molecule has 3 unspecified atom stereocenters. The summed E-state index contributed by atoms with van der Waals surface area (Å²) in [6, 6.07) is 0. The molecule has 33 heavy (non-hydrogen) atoms. The zero-order valence-electron chi connectivity index (χ0n) is 17.9. The van der Waals surface area contributed by atoms with E-state index in [1.54, 1.807) is 23.1 Å². The Labute approximate surface area is 207 Å². The van der Waals surface area contributed by atoms with Crippen LogP contribution >= 0.6 is 34.8 Å². The number of carbonyl (C=O) groups is 1. The van der Waals surface area contributed by atoms with Crippen molar-refractivity contribution in [3.05, 3.63) is 72.5 Å². The van der Waals surface area contributed by atoms with Crippen LogP contribution in [0.5, 0.6) is 0 Å². The molecule has 10 heteroatoms. The number of ether oxygens (including phenoxy) is 4. The molecule has 6 nitrogen and oxygen atoms in total. The Bertz CT molecular complexity index is 893. The van der Waals surface area contributed by atoms with E-state index < -0.39 is 16.1 Å². The summed E-state index contributed by atoms with van der Waals surface area (Å²) in [5.74, 6) is 1.11. The van der Waals surface area contributed by atoms with Gasteiger partial charge in [-0.15, -0.1) is 0 Å². The molecule has 0 aromatic heterocycles. The average molecular weight is 521 g/mol. The van der Waals surface area contributed by atoms with Crippen LogP contribution in [0, 0.1) is 11.8 Å². The first-order chi connectivity index (χ1) is 15.6. The van der Waals surface area contributed by atoms with Crippen LogP contribution in [-0.4, -0.2) is 54.1 Å². The molecule has 2 fully saturated rings. The zero-order valence-corrected chi connectivity index (χ0v) is 20.1. The quantitative estimate of drug-likeness (QED) is 0.329. The third kappa shape index (κ3) is 7.73. The fourth-order valence-corrected chi connectivity index (χ4v) is 3.89. The van der Waals surface area contributed by atoms with E-state index in [0.29, 0.717) is 36.8 Å². The number of hydrogen-bond acceptors (Lipinski definition) is 5. The average Bonchev–Trinajstić information content (AvgIpc) is 3.03. The lowest BCUT2D eigenvalue weighted by Gasteiger charge is -2.38. The highest BCUT2D eigenvalue weighted by atomic mass is 35.6. The minimum atomic E-state index is -1.69. The Morgan fingerprint density at radius 2 is 2.09 bits per heavy atom. The van der Waals surface area contributed by atoms with Gasteiger partial charge in [0.2, 0.25) is 10.6 Å². The number of allylic oxidation sites excluding steroid dienone is 7. The first-order valence-electron chi connectivity index (χ1n) is 10.3. The van der Waals surface area contributed by atoms with Crippen molar-refractivity contribution in [3.8, 4) is 0 Å². The third-order valence-electron chi connectivity index (χ3n) is 5.33. The predicted molar refractivity (Wildman–Crippen MR) is 125 cm³/mol. The molecule has 3 aliphatic rings. The summed E-state index contributed by atoms with van der Waals surface area (Å²) < 4.78 is 33.5. The van der Waals surface area contributed by atoms with E-state index in [4.69, 9.17) is 53.8 Å². The maximum absolute atomic E-state index is 13.7. The van der Waals surface area contributed by atoms with Gasteiger partial charge in [0.15, 0.2) is 11.5 Å². The van der Waals surface area contributed by atoms with Gasteiger partial charge in [-0.05, 0) is 30.1 Å². The van der Waals surface area contributed by atoms with E-state index in [0.717, 1.165) is 5.57 Å². The Hall–Kier alpha value is -2.09. The second-order valence-electron chi connectivity index (χ2n) is 7.74. The monoisotopic (exact) mass is 519 g/mol. The highest BCUT2D eigenvalue weighted by Crippen LogP contribution is 2.33. The van der Waals surface area contributed by atoms with E-state index in [1.165, 1.54) is 12.2 Å². The molecule has 0 radical (unpaired) electrons. The van der Waals surface area contributed by atoms with Crippen LogP contribution in [0.25, 0.3) is 0 Å².